The number of thioether (sulfide) groups is 1. The Morgan fingerprint density at radius 3 is 2.15 bits per heavy atom. The minimum Gasteiger partial charge on any atom is -0.481 e. The molecule has 0 radical (unpaired) electrons. The summed E-state index contributed by atoms with van der Waals surface area (Å²) in [5.41, 5.74) is 3.35. The topological polar surface area (TPSA) is 95.5 Å². The first-order valence-corrected chi connectivity index (χ1v) is 11.9. The zero-order valence-corrected chi connectivity index (χ0v) is 20.0. The van der Waals surface area contributed by atoms with Gasteiger partial charge in [0.15, 0.2) is 0 Å². The van der Waals surface area contributed by atoms with E-state index < -0.39 is 11.2 Å². The summed E-state index contributed by atoms with van der Waals surface area (Å²) < 4.78 is 0. The van der Waals surface area contributed by atoms with E-state index in [1.807, 2.05) is 60.7 Å². The third-order valence-corrected chi connectivity index (χ3v) is 6.37. The molecule has 1 unspecified atom stereocenters. The van der Waals surface area contributed by atoms with E-state index in [1.165, 1.54) is 17.3 Å². The second-order valence-corrected chi connectivity index (χ2v) is 9.32. The number of anilines is 2. The van der Waals surface area contributed by atoms with Crippen LogP contribution in [0.25, 0.3) is 0 Å². The van der Waals surface area contributed by atoms with Crippen LogP contribution in [0.4, 0.5) is 11.4 Å². The van der Waals surface area contributed by atoms with Crippen molar-refractivity contribution in [3.05, 3.63) is 90.0 Å². The van der Waals surface area contributed by atoms with Crippen LogP contribution >= 0.6 is 11.8 Å². The molecule has 3 aromatic carbocycles. The van der Waals surface area contributed by atoms with E-state index in [2.05, 4.69) is 24.5 Å². The Kier molecular flexibility index (Phi) is 8.87. The lowest BCUT2D eigenvalue weighted by atomic mass is 10.0. The molecule has 1 atom stereocenters. The van der Waals surface area contributed by atoms with Crippen LogP contribution in [-0.2, 0) is 14.4 Å². The van der Waals surface area contributed by atoms with Crippen LogP contribution in [0.1, 0.15) is 49.0 Å². The van der Waals surface area contributed by atoms with Crippen molar-refractivity contribution < 1.29 is 19.5 Å². The van der Waals surface area contributed by atoms with Gasteiger partial charge in [0.2, 0.25) is 11.8 Å². The molecule has 34 heavy (non-hydrogen) atoms. The number of carboxylic acid groups (broad SMARTS) is 1. The number of rotatable bonds is 10. The molecular weight excluding hydrogens is 448 g/mol. The number of hydrogen-bond donors (Lipinski definition) is 3. The molecule has 6 nitrogen and oxygen atoms in total. The molecule has 3 aromatic rings. The van der Waals surface area contributed by atoms with E-state index in [0.717, 1.165) is 16.1 Å². The fraction of sp³-hybridized carbons (Fsp3) is 0.222. The summed E-state index contributed by atoms with van der Waals surface area (Å²) in [5.74, 6) is -1.12. The zero-order valence-electron chi connectivity index (χ0n) is 19.2. The first-order chi connectivity index (χ1) is 16.3. The monoisotopic (exact) mass is 476 g/mol. The maximum Gasteiger partial charge on any atom is 0.303 e. The van der Waals surface area contributed by atoms with Crippen molar-refractivity contribution in [3.63, 3.8) is 0 Å². The van der Waals surface area contributed by atoms with Gasteiger partial charge in [0.25, 0.3) is 0 Å². The predicted octanol–water partition coefficient (Wildman–Crippen LogP) is 6.09. The lowest BCUT2D eigenvalue weighted by Gasteiger charge is -2.18. The number of aliphatic carboxylic acids is 1. The minimum absolute atomic E-state index is 0.0999. The largest absolute Gasteiger partial charge is 0.481 e. The average Bonchev–Trinajstić information content (AvgIpc) is 2.82. The molecule has 0 bridgehead atoms. The first-order valence-electron chi connectivity index (χ1n) is 11.1. The predicted molar refractivity (Wildman–Crippen MR) is 136 cm³/mol. The van der Waals surface area contributed by atoms with E-state index in [9.17, 15) is 14.4 Å². The van der Waals surface area contributed by atoms with Crippen molar-refractivity contribution in [2.45, 2.75) is 42.8 Å². The molecule has 3 rings (SSSR count). The summed E-state index contributed by atoms with van der Waals surface area (Å²) in [6.45, 7) is 4.25. The summed E-state index contributed by atoms with van der Waals surface area (Å²) in [6.07, 6.45) is -0.327. The molecule has 0 aliphatic carbocycles. The normalized spacial score (nSPS) is 11.6. The fourth-order valence-corrected chi connectivity index (χ4v) is 4.37. The highest BCUT2D eigenvalue weighted by Gasteiger charge is 2.22. The Labute approximate surface area is 203 Å². The lowest BCUT2D eigenvalue weighted by molar-refractivity contribution is -0.138. The van der Waals surface area contributed by atoms with Crippen LogP contribution in [0.2, 0.25) is 0 Å². The Morgan fingerprint density at radius 2 is 1.50 bits per heavy atom. The summed E-state index contributed by atoms with van der Waals surface area (Å²) in [6, 6.07) is 24.6. The third-order valence-electron chi connectivity index (χ3n) is 5.12. The number of benzene rings is 3. The van der Waals surface area contributed by atoms with Gasteiger partial charge in [-0.1, -0.05) is 62.4 Å². The van der Waals surface area contributed by atoms with Gasteiger partial charge in [-0.3, -0.25) is 14.4 Å². The fourth-order valence-electron chi connectivity index (χ4n) is 3.29. The van der Waals surface area contributed by atoms with Crippen LogP contribution < -0.4 is 10.6 Å². The Bertz CT molecular complexity index is 1130. The molecule has 0 aliphatic heterocycles. The van der Waals surface area contributed by atoms with Gasteiger partial charge in [0.05, 0.1) is 6.42 Å². The van der Waals surface area contributed by atoms with Gasteiger partial charge >= 0.3 is 5.97 Å². The minimum atomic E-state index is -1.02. The first kappa shape index (κ1) is 25.1. The van der Waals surface area contributed by atoms with Crippen molar-refractivity contribution >= 4 is 40.9 Å². The molecule has 0 saturated carbocycles. The summed E-state index contributed by atoms with van der Waals surface area (Å²) in [5, 5.41) is 14.0. The standard InChI is InChI=1S/C27H28N2O4S/c1-18(2)19-11-13-21(14-12-19)29-27(33)26(20-7-4-3-5-8-20)34-23-10-6-9-22(17-23)28-24(30)15-16-25(31)32/h3-14,17-18,26H,15-16H2,1-2H3,(H,28,30)(H,29,33)(H,31,32). The second-order valence-electron chi connectivity index (χ2n) is 8.14. The molecule has 3 N–H and O–H groups in total. The van der Waals surface area contributed by atoms with Gasteiger partial charge < -0.3 is 15.7 Å². The van der Waals surface area contributed by atoms with E-state index in [0.29, 0.717) is 11.6 Å². The van der Waals surface area contributed by atoms with Crippen LogP contribution in [0.3, 0.4) is 0 Å². The van der Waals surface area contributed by atoms with Crippen LogP contribution in [0.15, 0.2) is 83.8 Å². The van der Waals surface area contributed by atoms with E-state index in [4.69, 9.17) is 5.11 Å². The van der Waals surface area contributed by atoms with Gasteiger partial charge in [0.1, 0.15) is 5.25 Å². The highest BCUT2D eigenvalue weighted by molar-refractivity contribution is 8.00. The van der Waals surface area contributed by atoms with Gasteiger partial charge in [-0.15, -0.1) is 11.8 Å². The maximum absolute atomic E-state index is 13.3. The molecule has 0 spiro atoms. The molecule has 0 aromatic heterocycles. The third kappa shape index (κ3) is 7.49. The Balaban J connectivity index is 1.76. The van der Waals surface area contributed by atoms with Crippen molar-refractivity contribution in [1.29, 1.82) is 0 Å². The van der Waals surface area contributed by atoms with Crippen molar-refractivity contribution in [2.75, 3.05) is 10.6 Å². The molecule has 2 amide bonds. The number of amides is 2. The van der Waals surface area contributed by atoms with Crippen molar-refractivity contribution in [3.8, 4) is 0 Å². The van der Waals surface area contributed by atoms with Gasteiger partial charge in [0, 0.05) is 22.7 Å². The summed E-state index contributed by atoms with van der Waals surface area (Å²) in [4.78, 5) is 36.8. The smallest absolute Gasteiger partial charge is 0.303 e. The molecule has 0 aliphatic rings. The SMILES string of the molecule is CC(C)c1ccc(NC(=O)C(Sc2cccc(NC(=O)CCC(=O)O)c2)c2ccccc2)cc1. The van der Waals surface area contributed by atoms with E-state index in [-0.39, 0.29) is 24.7 Å². The summed E-state index contributed by atoms with van der Waals surface area (Å²) in [7, 11) is 0. The number of carbonyl (C=O) groups excluding carboxylic acids is 2. The Hall–Kier alpha value is -3.58. The average molecular weight is 477 g/mol. The van der Waals surface area contributed by atoms with Gasteiger partial charge in [-0.05, 0) is 47.4 Å². The summed E-state index contributed by atoms with van der Waals surface area (Å²) >= 11 is 1.38. The molecular formula is C27H28N2O4S. The highest BCUT2D eigenvalue weighted by atomic mass is 32.2. The number of carboxylic acids is 1. The van der Waals surface area contributed by atoms with E-state index in [1.54, 1.807) is 18.2 Å². The lowest BCUT2D eigenvalue weighted by Crippen LogP contribution is -2.19. The number of carbonyl (C=O) groups is 3. The van der Waals surface area contributed by atoms with Gasteiger partial charge in [-0.2, -0.15) is 0 Å². The molecule has 176 valence electrons. The zero-order chi connectivity index (χ0) is 24.5. The second kappa shape index (κ2) is 12.0. The molecule has 7 heteroatoms. The van der Waals surface area contributed by atoms with Crippen LogP contribution in [-0.4, -0.2) is 22.9 Å². The highest BCUT2D eigenvalue weighted by Crippen LogP contribution is 2.37. The van der Waals surface area contributed by atoms with E-state index >= 15 is 0 Å². The maximum atomic E-state index is 13.3. The molecule has 0 fully saturated rings. The molecule has 0 heterocycles. The number of nitrogens with one attached hydrogen (secondary N) is 2. The number of hydrogen-bond acceptors (Lipinski definition) is 4. The Morgan fingerprint density at radius 1 is 0.794 bits per heavy atom. The quantitative estimate of drug-likeness (QED) is 0.308. The van der Waals surface area contributed by atoms with Crippen molar-refractivity contribution in [1.82, 2.24) is 0 Å². The van der Waals surface area contributed by atoms with Crippen LogP contribution in [0.5, 0.6) is 0 Å². The van der Waals surface area contributed by atoms with Crippen molar-refractivity contribution in [2.24, 2.45) is 0 Å². The van der Waals surface area contributed by atoms with Crippen LogP contribution in [0, 0.1) is 0 Å². The molecule has 0 saturated heterocycles. The van der Waals surface area contributed by atoms with Gasteiger partial charge in [-0.25, -0.2) is 0 Å².